The number of hydrogen-bond acceptors (Lipinski definition) is 5. The van der Waals surface area contributed by atoms with Crippen LogP contribution in [0.4, 0.5) is 0 Å². The van der Waals surface area contributed by atoms with Crippen molar-refractivity contribution < 1.29 is 14.4 Å². The van der Waals surface area contributed by atoms with Crippen LogP contribution >= 0.6 is 0 Å². The summed E-state index contributed by atoms with van der Waals surface area (Å²) in [6.07, 6.45) is 0.675. The highest BCUT2D eigenvalue weighted by atomic mass is 16.2. The lowest BCUT2D eigenvalue weighted by Crippen LogP contribution is -2.52. The fourth-order valence-corrected chi connectivity index (χ4v) is 4.47. The zero-order chi connectivity index (χ0) is 19.8. The Bertz CT molecular complexity index is 807. The van der Waals surface area contributed by atoms with Gasteiger partial charge in [0.1, 0.15) is 6.04 Å². The smallest absolute Gasteiger partial charge is 0.255 e. The largest absolute Gasteiger partial charge is 0.322 e. The van der Waals surface area contributed by atoms with Crippen molar-refractivity contribution in [3.05, 3.63) is 34.9 Å². The van der Waals surface area contributed by atoms with E-state index in [0.29, 0.717) is 30.5 Å². The number of nitrogens with one attached hydrogen (secondary N) is 2. The van der Waals surface area contributed by atoms with Crippen LogP contribution in [-0.4, -0.2) is 59.2 Å². The maximum atomic E-state index is 12.9. The topological polar surface area (TPSA) is 81.8 Å². The van der Waals surface area contributed by atoms with Gasteiger partial charge in [0.05, 0.1) is 0 Å². The second-order valence-electron chi connectivity index (χ2n) is 8.38. The molecular formula is C21H28N4O3. The Morgan fingerprint density at radius 3 is 2.79 bits per heavy atom. The Morgan fingerprint density at radius 2 is 2.04 bits per heavy atom. The van der Waals surface area contributed by atoms with Crippen molar-refractivity contribution in [3.63, 3.8) is 0 Å². The summed E-state index contributed by atoms with van der Waals surface area (Å²) in [7, 11) is 0. The number of imide groups is 1. The quantitative estimate of drug-likeness (QED) is 0.753. The molecule has 2 atom stereocenters. The van der Waals surface area contributed by atoms with E-state index in [1.807, 2.05) is 12.1 Å². The molecule has 2 saturated heterocycles. The number of hydrogen-bond donors (Lipinski definition) is 2. The van der Waals surface area contributed by atoms with Crippen LogP contribution in [0, 0.1) is 5.92 Å². The van der Waals surface area contributed by atoms with Crippen molar-refractivity contribution in [3.8, 4) is 0 Å². The highest BCUT2D eigenvalue weighted by Gasteiger charge is 2.39. The van der Waals surface area contributed by atoms with Crippen molar-refractivity contribution in [2.75, 3.05) is 19.6 Å². The first-order valence-electron chi connectivity index (χ1n) is 10.1. The number of rotatable bonds is 4. The van der Waals surface area contributed by atoms with Crippen LogP contribution in [0.1, 0.15) is 48.2 Å². The lowest BCUT2D eigenvalue weighted by atomic mass is 9.99. The highest BCUT2D eigenvalue weighted by Crippen LogP contribution is 2.30. The van der Waals surface area contributed by atoms with Crippen LogP contribution in [0.5, 0.6) is 0 Å². The molecule has 7 nitrogen and oxygen atoms in total. The molecule has 28 heavy (non-hydrogen) atoms. The molecule has 2 fully saturated rings. The van der Waals surface area contributed by atoms with E-state index in [9.17, 15) is 14.4 Å². The van der Waals surface area contributed by atoms with E-state index in [0.717, 1.165) is 37.3 Å². The third-order valence-electron chi connectivity index (χ3n) is 6.17. The molecule has 0 aromatic heterocycles. The maximum Gasteiger partial charge on any atom is 0.255 e. The number of carbonyl (C=O) groups is 3. The van der Waals surface area contributed by atoms with E-state index in [2.05, 4.69) is 35.4 Å². The standard InChI is InChI=1S/C21H28N4O3/c1-13(2)17-12-24(9-8-22-17)10-14-4-3-5-15-16(14)11-25(21(15)28)18-6-7-19(26)23-20(18)27/h3-5,13,17-18,22H,6-12H2,1-2H3,(H,23,26,27)/t17-,18?/m1/s1. The normalized spacial score (nSPS) is 26.0. The molecule has 7 heteroatoms. The fourth-order valence-electron chi connectivity index (χ4n) is 4.47. The highest BCUT2D eigenvalue weighted by molar-refractivity contribution is 6.05. The molecule has 1 aromatic rings. The number of amides is 3. The van der Waals surface area contributed by atoms with Gasteiger partial charge < -0.3 is 10.2 Å². The van der Waals surface area contributed by atoms with Gasteiger partial charge in [-0.1, -0.05) is 26.0 Å². The number of piperazine rings is 1. The number of benzene rings is 1. The second-order valence-corrected chi connectivity index (χ2v) is 8.38. The van der Waals surface area contributed by atoms with Crippen molar-refractivity contribution in [1.29, 1.82) is 0 Å². The Morgan fingerprint density at radius 1 is 1.21 bits per heavy atom. The summed E-state index contributed by atoms with van der Waals surface area (Å²) >= 11 is 0. The third-order valence-corrected chi connectivity index (χ3v) is 6.17. The average molecular weight is 384 g/mol. The van der Waals surface area contributed by atoms with Crippen LogP contribution in [0.15, 0.2) is 18.2 Å². The first-order chi connectivity index (χ1) is 13.4. The Kier molecular flexibility index (Phi) is 5.21. The predicted octanol–water partition coefficient (Wildman–Crippen LogP) is 0.877. The first-order valence-corrected chi connectivity index (χ1v) is 10.1. The molecule has 0 spiro atoms. The van der Waals surface area contributed by atoms with Crippen LogP contribution in [0.25, 0.3) is 0 Å². The minimum absolute atomic E-state index is 0.105. The van der Waals surface area contributed by atoms with Gasteiger partial charge in [0.15, 0.2) is 0 Å². The molecule has 1 unspecified atom stereocenters. The summed E-state index contributed by atoms with van der Waals surface area (Å²) in [6.45, 7) is 8.67. The SMILES string of the molecule is CC(C)[C@H]1CN(Cc2cccc3c2CN(C2CCC(=O)NC2=O)C3=O)CCN1. The van der Waals surface area contributed by atoms with Gasteiger partial charge in [0.25, 0.3) is 5.91 Å². The van der Waals surface area contributed by atoms with Crippen molar-refractivity contribution >= 4 is 17.7 Å². The molecule has 150 valence electrons. The van der Waals surface area contributed by atoms with E-state index in [-0.39, 0.29) is 24.1 Å². The lowest BCUT2D eigenvalue weighted by Gasteiger charge is -2.36. The van der Waals surface area contributed by atoms with Crippen molar-refractivity contribution in [1.82, 2.24) is 20.4 Å². The van der Waals surface area contributed by atoms with Gasteiger partial charge >= 0.3 is 0 Å². The van der Waals surface area contributed by atoms with Crippen LogP contribution < -0.4 is 10.6 Å². The second kappa shape index (κ2) is 7.64. The molecule has 0 aliphatic carbocycles. The van der Waals surface area contributed by atoms with Crippen molar-refractivity contribution in [2.45, 2.75) is 51.9 Å². The van der Waals surface area contributed by atoms with Crippen LogP contribution in [0.2, 0.25) is 0 Å². The molecule has 4 rings (SSSR count). The predicted molar refractivity (Wildman–Crippen MR) is 104 cm³/mol. The van der Waals surface area contributed by atoms with Gasteiger partial charge in [0, 0.05) is 50.7 Å². The van der Waals surface area contributed by atoms with Gasteiger partial charge in [-0.3, -0.25) is 24.6 Å². The molecule has 3 aliphatic rings. The van der Waals surface area contributed by atoms with E-state index in [4.69, 9.17) is 0 Å². The number of nitrogens with zero attached hydrogens (tertiary/aromatic N) is 2. The van der Waals surface area contributed by atoms with E-state index in [1.165, 1.54) is 0 Å². The van der Waals surface area contributed by atoms with Gasteiger partial charge in [0.2, 0.25) is 11.8 Å². The fraction of sp³-hybridized carbons (Fsp3) is 0.571. The summed E-state index contributed by atoms with van der Waals surface area (Å²) in [5.74, 6) is -0.147. The van der Waals surface area contributed by atoms with E-state index >= 15 is 0 Å². The lowest BCUT2D eigenvalue weighted by molar-refractivity contribution is -0.136. The number of carbonyl (C=O) groups excluding carboxylic acids is 3. The Balaban J connectivity index is 1.51. The number of fused-ring (bicyclic) bond motifs is 1. The Hall–Kier alpha value is -2.25. The van der Waals surface area contributed by atoms with Crippen LogP contribution in [-0.2, 0) is 22.7 Å². The number of piperidine rings is 1. The average Bonchev–Trinajstić information content (AvgIpc) is 3.00. The molecule has 0 radical (unpaired) electrons. The minimum Gasteiger partial charge on any atom is -0.322 e. The molecule has 3 amide bonds. The summed E-state index contributed by atoms with van der Waals surface area (Å²) in [4.78, 5) is 40.7. The summed E-state index contributed by atoms with van der Waals surface area (Å²) < 4.78 is 0. The molecule has 3 aliphatic heterocycles. The molecular weight excluding hydrogens is 356 g/mol. The molecule has 1 aromatic carbocycles. The monoisotopic (exact) mass is 384 g/mol. The van der Waals surface area contributed by atoms with E-state index in [1.54, 1.807) is 4.90 Å². The molecule has 2 N–H and O–H groups in total. The summed E-state index contributed by atoms with van der Waals surface area (Å²) in [6, 6.07) is 5.79. The van der Waals surface area contributed by atoms with Gasteiger partial charge in [-0.25, -0.2) is 0 Å². The molecule has 3 heterocycles. The zero-order valence-electron chi connectivity index (χ0n) is 16.5. The third kappa shape index (κ3) is 3.56. The minimum atomic E-state index is -0.560. The zero-order valence-corrected chi connectivity index (χ0v) is 16.5. The molecule has 0 saturated carbocycles. The summed E-state index contributed by atoms with van der Waals surface area (Å²) in [5, 5.41) is 5.94. The van der Waals surface area contributed by atoms with E-state index < -0.39 is 6.04 Å². The first kappa shape index (κ1) is 19.1. The van der Waals surface area contributed by atoms with Crippen LogP contribution in [0.3, 0.4) is 0 Å². The maximum absolute atomic E-state index is 12.9. The van der Waals surface area contributed by atoms with Gasteiger partial charge in [-0.2, -0.15) is 0 Å². The molecule has 0 bridgehead atoms. The van der Waals surface area contributed by atoms with Crippen molar-refractivity contribution in [2.24, 2.45) is 5.92 Å². The van der Waals surface area contributed by atoms with Gasteiger partial charge in [-0.05, 0) is 29.5 Å². The Labute approximate surface area is 165 Å². The van der Waals surface area contributed by atoms with Gasteiger partial charge in [-0.15, -0.1) is 0 Å². The summed E-state index contributed by atoms with van der Waals surface area (Å²) in [5.41, 5.74) is 2.87.